The lowest BCUT2D eigenvalue weighted by atomic mass is 10.2. The van der Waals surface area contributed by atoms with Crippen LogP contribution in [-0.4, -0.2) is 43.9 Å². The number of thiazole rings is 1. The van der Waals surface area contributed by atoms with Crippen LogP contribution < -0.4 is 4.90 Å². The van der Waals surface area contributed by atoms with Crippen molar-refractivity contribution in [2.24, 2.45) is 0 Å². The van der Waals surface area contributed by atoms with E-state index >= 15 is 0 Å². The monoisotopic (exact) mass is 469 g/mol. The Balaban J connectivity index is 1.48. The summed E-state index contributed by atoms with van der Waals surface area (Å²) in [4.78, 5) is 6.60. The second-order valence-corrected chi connectivity index (χ2v) is 10.1. The number of hydrogen-bond acceptors (Lipinski definition) is 5. The van der Waals surface area contributed by atoms with Crippen LogP contribution in [0.1, 0.15) is 5.56 Å². The van der Waals surface area contributed by atoms with Gasteiger partial charge in [0, 0.05) is 37.1 Å². The van der Waals surface area contributed by atoms with Crippen molar-refractivity contribution in [3.05, 3.63) is 64.0 Å². The molecular formula is C20H18ClF2N3O2S2. The number of piperazine rings is 1. The first-order valence-electron chi connectivity index (χ1n) is 9.18. The van der Waals surface area contributed by atoms with E-state index in [2.05, 4.69) is 4.98 Å². The number of aryl methyl sites for hydroxylation is 1. The second kappa shape index (κ2) is 8.22. The van der Waals surface area contributed by atoms with Crippen LogP contribution in [0.15, 0.2) is 46.7 Å². The molecule has 0 radical (unpaired) electrons. The van der Waals surface area contributed by atoms with Crippen molar-refractivity contribution >= 4 is 38.1 Å². The maximum atomic E-state index is 13.6. The summed E-state index contributed by atoms with van der Waals surface area (Å²) in [6.45, 7) is 3.13. The van der Waals surface area contributed by atoms with Crippen molar-refractivity contribution in [2.45, 2.75) is 11.8 Å². The molecule has 1 aliphatic rings. The molecule has 0 amide bonds. The van der Waals surface area contributed by atoms with E-state index in [1.165, 1.54) is 39.9 Å². The Hall–Kier alpha value is -2.07. The molecule has 0 atom stereocenters. The topological polar surface area (TPSA) is 53.5 Å². The molecule has 158 valence electrons. The number of benzene rings is 2. The molecule has 3 aromatic rings. The average molecular weight is 470 g/mol. The molecular weight excluding hydrogens is 452 g/mol. The Morgan fingerprint density at radius 1 is 1.07 bits per heavy atom. The van der Waals surface area contributed by atoms with Crippen molar-refractivity contribution in [1.82, 2.24) is 9.29 Å². The molecule has 1 aliphatic heterocycles. The van der Waals surface area contributed by atoms with E-state index in [0.29, 0.717) is 29.9 Å². The van der Waals surface area contributed by atoms with Crippen molar-refractivity contribution in [3.8, 4) is 11.3 Å². The molecule has 10 heteroatoms. The van der Waals surface area contributed by atoms with Crippen molar-refractivity contribution in [1.29, 1.82) is 0 Å². The van der Waals surface area contributed by atoms with Crippen LogP contribution >= 0.6 is 22.9 Å². The van der Waals surface area contributed by atoms with Crippen molar-refractivity contribution in [3.63, 3.8) is 0 Å². The summed E-state index contributed by atoms with van der Waals surface area (Å²) in [5.41, 5.74) is 1.91. The van der Waals surface area contributed by atoms with Crippen LogP contribution in [0.2, 0.25) is 5.02 Å². The molecule has 1 saturated heterocycles. The van der Waals surface area contributed by atoms with Gasteiger partial charge < -0.3 is 4.90 Å². The number of halogens is 3. The number of nitrogens with zero attached hydrogens (tertiary/aromatic N) is 3. The van der Waals surface area contributed by atoms with Gasteiger partial charge in [0.25, 0.3) is 0 Å². The summed E-state index contributed by atoms with van der Waals surface area (Å²) < 4.78 is 54.2. The Morgan fingerprint density at radius 2 is 1.80 bits per heavy atom. The number of hydrogen-bond donors (Lipinski definition) is 0. The van der Waals surface area contributed by atoms with Gasteiger partial charge in [0.2, 0.25) is 10.0 Å². The Kier molecular flexibility index (Phi) is 5.80. The fourth-order valence-corrected chi connectivity index (χ4v) is 6.04. The van der Waals surface area contributed by atoms with E-state index in [0.717, 1.165) is 11.2 Å². The summed E-state index contributed by atoms with van der Waals surface area (Å²) in [6.07, 6.45) is 0. The molecule has 5 nitrogen and oxygen atoms in total. The van der Waals surface area contributed by atoms with Crippen LogP contribution in [0, 0.1) is 18.6 Å². The molecule has 1 aromatic heterocycles. The van der Waals surface area contributed by atoms with Gasteiger partial charge in [-0.25, -0.2) is 22.2 Å². The second-order valence-electron chi connectivity index (χ2n) is 6.95. The van der Waals surface area contributed by atoms with Gasteiger partial charge in [0.05, 0.1) is 15.6 Å². The molecule has 0 aliphatic carbocycles. The molecule has 0 unspecified atom stereocenters. The minimum absolute atomic E-state index is 0.000624. The third-order valence-corrected chi connectivity index (χ3v) is 8.22. The molecule has 0 spiro atoms. The average Bonchev–Trinajstić information content (AvgIpc) is 3.22. The van der Waals surface area contributed by atoms with Gasteiger partial charge in [-0.3, -0.25) is 0 Å². The van der Waals surface area contributed by atoms with Gasteiger partial charge in [0.1, 0.15) is 11.6 Å². The van der Waals surface area contributed by atoms with Crippen molar-refractivity contribution < 1.29 is 17.2 Å². The quantitative estimate of drug-likeness (QED) is 0.562. The number of aromatic nitrogens is 1. The predicted octanol–water partition coefficient (Wildman–Crippen LogP) is 4.56. The summed E-state index contributed by atoms with van der Waals surface area (Å²) in [5.74, 6) is -1.06. The lowest BCUT2D eigenvalue weighted by molar-refractivity contribution is 0.384. The predicted molar refractivity (Wildman–Crippen MR) is 115 cm³/mol. The molecule has 4 rings (SSSR count). The highest BCUT2D eigenvalue weighted by Crippen LogP contribution is 2.31. The first-order chi connectivity index (χ1) is 14.3. The maximum Gasteiger partial charge on any atom is 0.243 e. The Bertz CT molecular complexity index is 1190. The van der Waals surface area contributed by atoms with Gasteiger partial charge in [-0.1, -0.05) is 17.7 Å². The lowest BCUT2D eigenvalue weighted by Crippen LogP contribution is -2.48. The van der Waals surface area contributed by atoms with E-state index in [1.54, 1.807) is 13.0 Å². The van der Waals surface area contributed by atoms with Crippen LogP contribution in [-0.2, 0) is 10.0 Å². The molecule has 0 bridgehead atoms. The normalized spacial score (nSPS) is 15.5. The van der Waals surface area contributed by atoms with Crippen LogP contribution in [0.4, 0.5) is 13.9 Å². The zero-order valence-corrected chi connectivity index (χ0v) is 18.4. The Labute approximate surface area is 182 Å². The highest BCUT2D eigenvalue weighted by molar-refractivity contribution is 7.89. The third-order valence-electron chi connectivity index (χ3n) is 4.98. The van der Waals surface area contributed by atoms with Crippen LogP contribution in [0.5, 0.6) is 0 Å². The fraction of sp³-hybridized carbons (Fsp3) is 0.250. The first kappa shape index (κ1) is 21.2. The van der Waals surface area contributed by atoms with E-state index in [1.807, 2.05) is 10.3 Å². The number of anilines is 1. The highest BCUT2D eigenvalue weighted by Gasteiger charge is 2.30. The van der Waals surface area contributed by atoms with Gasteiger partial charge in [0.15, 0.2) is 5.13 Å². The summed E-state index contributed by atoms with van der Waals surface area (Å²) in [7, 11) is -3.77. The fourth-order valence-electron chi connectivity index (χ4n) is 3.31. The molecule has 0 N–H and O–H groups in total. The Morgan fingerprint density at radius 3 is 2.50 bits per heavy atom. The highest BCUT2D eigenvalue weighted by atomic mass is 35.5. The van der Waals surface area contributed by atoms with Crippen molar-refractivity contribution in [2.75, 3.05) is 31.1 Å². The molecule has 30 heavy (non-hydrogen) atoms. The molecule has 0 saturated carbocycles. The van der Waals surface area contributed by atoms with E-state index < -0.39 is 21.7 Å². The van der Waals surface area contributed by atoms with Gasteiger partial charge in [-0.15, -0.1) is 11.3 Å². The minimum atomic E-state index is -3.77. The van der Waals surface area contributed by atoms with Gasteiger partial charge in [-0.2, -0.15) is 4.31 Å². The van der Waals surface area contributed by atoms with Gasteiger partial charge in [-0.05, 0) is 42.8 Å². The van der Waals surface area contributed by atoms with E-state index in [9.17, 15) is 17.2 Å². The standard InChI is InChI=1S/C20H18ClF2N3O2S2/c1-13-2-4-15(22)11-19(13)30(27,28)26-8-6-25(7-9-26)20-24-18(12-29-20)14-3-5-17(23)16(21)10-14/h2-5,10-12H,6-9H2,1H3. The largest absolute Gasteiger partial charge is 0.345 e. The van der Waals surface area contributed by atoms with Gasteiger partial charge >= 0.3 is 0 Å². The lowest BCUT2D eigenvalue weighted by Gasteiger charge is -2.34. The van der Waals surface area contributed by atoms with E-state index in [-0.39, 0.29) is 23.0 Å². The third kappa shape index (κ3) is 4.07. The zero-order chi connectivity index (χ0) is 21.5. The maximum absolute atomic E-state index is 13.6. The zero-order valence-electron chi connectivity index (χ0n) is 16.0. The minimum Gasteiger partial charge on any atom is -0.345 e. The van der Waals surface area contributed by atoms with Crippen LogP contribution in [0.3, 0.4) is 0 Å². The SMILES string of the molecule is Cc1ccc(F)cc1S(=O)(=O)N1CCN(c2nc(-c3ccc(F)c(Cl)c3)cs2)CC1. The molecule has 1 fully saturated rings. The van der Waals surface area contributed by atoms with Crippen LogP contribution in [0.25, 0.3) is 11.3 Å². The number of rotatable bonds is 4. The van der Waals surface area contributed by atoms with E-state index in [4.69, 9.17) is 11.6 Å². The smallest absolute Gasteiger partial charge is 0.243 e. The number of sulfonamides is 1. The first-order valence-corrected chi connectivity index (χ1v) is 11.9. The molecule has 2 heterocycles. The summed E-state index contributed by atoms with van der Waals surface area (Å²) in [6, 6.07) is 8.23. The summed E-state index contributed by atoms with van der Waals surface area (Å²) >= 11 is 7.28. The summed E-state index contributed by atoms with van der Waals surface area (Å²) in [5, 5.41) is 2.65. The molecule has 2 aromatic carbocycles.